The summed E-state index contributed by atoms with van der Waals surface area (Å²) in [4.78, 5) is 27.0. The topological polar surface area (TPSA) is 63.4 Å². The fourth-order valence-corrected chi connectivity index (χ4v) is 3.26. The lowest BCUT2D eigenvalue weighted by Crippen LogP contribution is -2.41. The Labute approximate surface area is 139 Å². The summed E-state index contributed by atoms with van der Waals surface area (Å²) in [5, 5.41) is 1.43. The van der Waals surface area contributed by atoms with Gasteiger partial charge in [-0.25, -0.2) is 0 Å². The van der Waals surface area contributed by atoms with Crippen molar-refractivity contribution in [1.82, 2.24) is 4.90 Å². The normalized spacial score (nSPS) is 13.6. The summed E-state index contributed by atoms with van der Waals surface area (Å²) in [5.74, 6) is -0.501. The third-order valence-corrected chi connectivity index (χ3v) is 4.49. The molecule has 0 aliphatic carbocycles. The van der Waals surface area contributed by atoms with Crippen molar-refractivity contribution in [2.75, 3.05) is 12.3 Å². The third kappa shape index (κ3) is 2.15. The number of nitrogens with two attached hydrogens (primary N) is 1. The maximum Gasteiger partial charge on any atom is 0.261 e. The van der Waals surface area contributed by atoms with Crippen LogP contribution >= 0.6 is 0 Å². The second-order valence-electron chi connectivity index (χ2n) is 5.93. The van der Waals surface area contributed by atoms with Crippen molar-refractivity contribution in [3.63, 3.8) is 0 Å². The lowest BCUT2D eigenvalue weighted by Gasteiger charge is -2.27. The first-order chi connectivity index (χ1) is 11.7. The molecule has 1 heterocycles. The molecule has 2 N–H and O–H groups in total. The molecule has 4 nitrogen and oxygen atoms in total. The van der Waals surface area contributed by atoms with Gasteiger partial charge in [-0.15, -0.1) is 0 Å². The summed E-state index contributed by atoms with van der Waals surface area (Å²) in [6, 6.07) is 18.7. The Morgan fingerprint density at radius 2 is 1.50 bits per heavy atom. The number of hydrogen-bond donors (Lipinski definition) is 1. The van der Waals surface area contributed by atoms with Crippen molar-refractivity contribution >= 4 is 28.3 Å². The van der Waals surface area contributed by atoms with Gasteiger partial charge >= 0.3 is 0 Å². The van der Waals surface area contributed by atoms with Crippen LogP contribution in [-0.4, -0.2) is 23.3 Å². The number of nitrogen functional groups attached to an aromatic ring is 1. The Kier molecular flexibility index (Phi) is 3.31. The van der Waals surface area contributed by atoms with E-state index in [4.69, 9.17) is 5.73 Å². The molecule has 0 bridgehead atoms. The highest BCUT2D eigenvalue weighted by molar-refractivity contribution is 6.26. The van der Waals surface area contributed by atoms with Gasteiger partial charge in [-0.1, -0.05) is 42.5 Å². The molecule has 3 aromatic carbocycles. The highest BCUT2D eigenvalue weighted by Gasteiger charge is 2.32. The number of amides is 2. The Hall–Kier alpha value is -3.14. The van der Waals surface area contributed by atoms with E-state index in [1.807, 2.05) is 36.4 Å². The van der Waals surface area contributed by atoms with Gasteiger partial charge in [0, 0.05) is 34.1 Å². The zero-order valence-electron chi connectivity index (χ0n) is 13.0. The molecular formula is C20H16N2O2. The van der Waals surface area contributed by atoms with E-state index in [9.17, 15) is 9.59 Å². The van der Waals surface area contributed by atoms with E-state index in [0.717, 1.165) is 10.9 Å². The summed E-state index contributed by atoms with van der Waals surface area (Å²) in [7, 11) is 0. The molecule has 118 valence electrons. The van der Waals surface area contributed by atoms with Crippen LogP contribution < -0.4 is 5.73 Å². The van der Waals surface area contributed by atoms with Crippen LogP contribution in [0.1, 0.15) is 26.3 Å². The van der Waals surface area contributed by atoms with Gasteiger partial charge in [0.2, 0.25) is 0 Å². The molecule has 4 rings (SSSR count). The quantitative estimate of drug-likeness (QED) is 0.596. The largest absolute Gasteiger partial charge is 0.398 e. The number of benzene rings is 3. The Morgan fingerprint density at radius 1 is 0.792 bits per heavy atom. The van der Waals surface area contributed by atoms with Crippen molar-refractivity contribution in [2.45, 2.75) is 6.42 Å². The molecule has 0 unspecified atom stereocenters. The number of imide groups is 1. The van der Waals surface area contributed by atoms with Gasteiger partial charge in [-0.05, 0) is 30.2 Å². The lowest BCUT2D eigenvalue weighted by atomic mass is 9.93. The number of carbonyl (C=O) groups is 2. The smallest absolute Gasteiger partial charge is 0.261 e. The van der Waals surface area contributed by atoms with Gasteiger partial charge in [-0.2, -0.15) is 0 Å². The second-order valence-corrected chi connectivity index (χ2v) is 5.93. The van der Waals surface area contributed by atoms with E-state index in [-0.39, 0.29) is 11.8 Å². The highest BCUT2D eigenvalue weighted by Crippen LogP contribution is 2.33. The van der Waals surface area contributed by atoms with E-state index in [1.54, 1.807) is 24.3 Å². The minimum atomic E-state index is -0.250. The maximum absolute atomic E-state index is 12.8. The summed E-state index contributed by atoms with van der Waals surface area (Å²) >= 11 is 0. The zero-order valence-corrected chi connectivity index (χ0v) is 13.0. The molecule has 2 amide bonds. The summed E-state index contributed by atoms with van der Waals surface area (Å²) in [6.07, 6.45) is 0.638. The Morgan fingerprint density at radius 3 is 2.25 bits per heavy atom. The van der Waals surface area contributed by atoms with Gasteiger partial charge in [-0.3, -0.25) is 14.5 Å². The van der Waals surface area contributed by atoms with Crippen LogP contribution in [0, 0.1) is 0 Å². The van der Waals surface area contributed by atoms with Crippen molar-refractivity contribution < 1.29 is 9.59 Å². The maximum atomic E-state index is 12.8. The molecule has 0 saturated carbocycles. The molecular weight excluding hydrogens is 300 g/mol. The molecule has 4 heteroatoms. The molecule has 0 aromatic heterocycles. The number of rotatable bonds is 3. The van der Waals surface area contributed by atoms with Crippen molar-refractivity contribution in [3.8, 4) is 0 Å². The van der Waals surface area contributed by atoms with Gasteiger partial charge < -0.3 is 5.73 Å². The highest BCUT2D eigenvalue weighted by atomic mass is 16.2. The molecule has 0 radical (unpaired) electrons. The van der Waals surface area contributed by atoms with Crippen LogP contribution in [0.3, 0.4) is 0 Å². The number of nitrogens with zero attached hydrogens (tertiary/aromatic N) is 1. The SMILES string of the molecule is Nc1ccc2c3c(cccc13)C(=O)N(CCc1ccccc1)C2=O. The molecule has 1 aliphatic heterocycles. The van der Waals surface area contributed by atoms with Crippen molar-refractivity contribution in [2.24, 2.45) is 0 Å². The number of anilines is 1. The first kappa shape index (κ1) is 14.5. The van der Waals surface area contributed by atoms with Crippen LogP contribution in [0.15, 0.2) is 60.7 Å². The van der Waals surface area contributed by atoms with Crippen LogP contribution in [0.4, 0.5) is 5.69 Å². The Bertz CT molecular complexity index is 942. The van der Waals surface area contributed by atoms with Gasteiger partial charge in [0.05, 0.1) is 0 Å². The molecule has 0 saturated heterocycles. The molecule has 0 spiro atoms. The number of hydrogen-bond acceptors (Lipinski definition) is 3. The average molecular weight is 316 g/mol. The van der Waals surface area contributed by atoms with Crippen LogP contribution in [0.5, 0.6) is 0 Å². The van der Waals surface area contributed by atoms with Gasteiger partial charge in [0.15, 0.2) is 0 Å². The fourth-order valence-electron chi connectivity index (χ4n) is 3.26. The van der Waals surface area contributed by atoms with Crippen molar-refractivity contribution in [1.29, 1.82) is 0 Å². The summed E-state index contributed by atoms with van der Waals surface area (Å²) in [5.41, 5.74) is 8.76. The first-order valence-corrected chi connectivity index (χ1v) is 7.88. The first-order valence-electron chi connectivity index (χ1n) is 7.88. The standard InChI is InChI=1S/C20H16N2O2/c21-17-10-9-16-18-14(17)7-4-8-15(18)19(23)22(20(16)24)12-11-13-5-2-1-3-6-13/h1-10H,11-12,21H2. The van der Waals surface area contributed by atoms with Crippen LogP contribution in [0.2, 0.25) is 0 Å². The average Bonchev–Trinajstić information content (AvgIpc) is 2.61. The molecule has 0 fully saturated rings. The van der Waals surface area contributed by atoms with E-state index >= 15 is 0 Å². The molecule has 1 aliphatic rings. The fraction of sp³-hybridized carbons (Fsp3) is 0.100. The predicted molar refractivity (Wildman–Crippen MR) is 93.9 cm³/mol. The van der Waals surface area contributed by atoms with Crippen LogP contribution in [0.25, 0.3) is 10.8 Å². The monoisotopic (exact) mass is 316 g/mol. The van der Waals surface area contributed by atoms with E-state index in [2.05, 4.69) is 0 Å². The summed E-state index contributed by atoms with van der Waals surface area (Å²) in [6.45, 7) is 0.363. The van der Waals surface area contributed by atoms with Crippen LogP contribution in [-0.2, 0) is 6.42 Å². The van der Waals surface area contributed by atoms with Crippen molar-refractivity contribution in [3.05, 3.63) is 77.4 Å². The van der Waals surface area contributed by atoms with Gasteiger partial charge in [0.1, 0.15) is 0 Å². The summed E-state index contributed by atoms with van der Waals surface area (Å²) < 4.78 is 0. The minimum absolute atomic E-state index is 0.250. The molecule has 0 atom stereocenters. The third-order valence-electron chi connectivity index (χ3n) is 4.49. The molecule has 24 heavy (non-hydrogen) atoms. The zero-order chi connectivity index (χ0) is 16.7. The Balaban J connectivity index is 1.74. The predicted octanol–water partition coefficient (Wildman–Crippen LogP) is 3.26. The number of carbonyl (C=O) groups excluding carboxylic acids is 2. The van der Waals surface area contributed by atoms with E-state index in [0.29, 0.717) is 35.2 Å². The van der Waals surface area contributed by atoms with E-state index < -0.39 is 0 Å². The second kappa shape index (κ2) is 5.49. The molecule has 3 aromatic rings. The minimum Gasteiger partial charge on any atom is -0.398 e. The lowest BCUT2D eigenvalue weighted by molar-refractivity contribution is 0.0612. The van der Waals surface area contributed by atoms with E-state index in [1.165, 1.54) is 4.90 Å². The van der Waals surface area contributed by atoms with Gasteiger partial charge in [0.25, 0.3) is 11.8 Å².